The lowest BCUT2D eigenvalue weighted by Gasteiger charge is -2.18. The predicted octanol–water partition coefficient (Wildman–Crippen LogP) is 22.6. The van der Waals surface area contributed by atoms with Crippen molar-refractivity contribution in [1.29, 1.82) is 0 Å². The minimum absolute atomic E-state index is 0.0742. The fourth-order valence-corrected chi connectivity index (χ4v) is 9.76. The number of rotatable bonds is 61. The minimum atomic E-state index is -0.778. The van der Waals surface area contributed by atoms with Gasteiger partial charge in [0.05, 0.1) is 0 Å². The van der Waals surface area contributed by atoms with Crippen LogP contribution in [0.3, 0.4) is 0 Å². The predicted molar refractivity (Wildman–Crippen MR) is 325 cm³/mol. The van der Waals surface area contributed by atoms with Gasteiger partial charge in [0.25, 0.3) is 0 Å². The molecule has 0 heterocycles. The number of hydrogen-bond donors (Lipinski definition) is 0. The first-order valence-electron chi connectivity index (χ1n) is 33.1. The molecule has 0 bridgehead atoms. The molecule has 0 fully saturated rings. The summed E-state index contributed by atoms with van der Waals surface area (Å²) in [5.41, 5.74) is 0. The summed E-state index contributed by atoms with van der Waals surface area (Å²) >= 11 is 0. The lowest BCUT2D eigenvalue weighted by molar-refractivity contribution is -0.167. The molecule has 0 saturated carbocycles. The molecule has 6 heteroatoms. The van der Waals surface area contributed by atoms with Crippen LogP contribution in [0.25, 0.3) is 0 Å². The molecule has 0 aliphatic carbocycles. The third-order valence-corrected chi connectivity index (χ3v) is 14.8. The van der Waals surface area contributed by atoms with Crippen molar-refractivity contribution in [3.8, 4) is 0 Å². The molecule has 0 aromatic carbocycles. The van der Waals surface area contributed by atoms with Gasteiger partial charge in [-0.1, -0.05) is 281 Å². The summed E-state index contributed by atoms with van der Waals surface area (Å²) in [6, 6.07) is 0. The number of hydrogen-bond acceptors (Lipinski definition) is 6. The smallest absolute Gasteiger partial charge is 0.306 e. The average Bonchev–Trinajstić information content (AvgIpc) is 3.41. The first kappa shape index (κ1) is 72.4. The fraction of sp³-hybridized carbons (Fsp3) is 0.841. The molecule has 0 aromatic heterocycles. The largest absolute Gasteiger partial charge is 0.462 e. The third-order valence-electron chi connectivity index (χ3n) is 14.8. The number of allylic oxidation sites excluding steroid dienone is 8. The highest BCUT2D eigenvalue weighted by atomic mass is 16.6. The topological polar surface area (TPSA) is 78.9 Å². The first-order valence-corrected chi connectivity index (χ1v) is 33.1. The molecule has 0 rings (SSSR count). The van der Waals surface area contributed by atoms with Gasteiger partial charge in [-0.25, -0.2) is 0 Å². The maximum atomic E-state index is 12.9. The molecule has 0 unspecified atom stereocenters. The zero-order valence-electron chi connectivity index (χ0n) is 50.3. The zero-order valence-corrected chi connectivity index (χ0v) is 50.3. The Morgan fingerprint density at radius 1 is 0.267 bits per heavy atom. The Bertz CT molecular complexity index is 1300. The van der Waals surface area contributed by atoms with Crippen LogP contribution in [-0.4, -0.2) is 37.2 Å². The van der Waals surface area contributed by atoms with Crippen molar-refractivity contribution in [3.63, 3.8) is 0 Å². The SMILES string of the molecule is CCCCC/C=C\C/C=C\CCCCCCCCCC(=O)OC[C@H](COC(=O)CCCCCCCCCCCCC/C=C\CCCCCCCC)OC(=O)CCCCCCCCCCC/C=C\CCCCCCCC. The molecular weight excluding hydrogens is 925 g/mol. The van der Waals surface area contributed by atoms with E-state index < -0.39 is 6.10 Å². The van der Waals surface area contributed by atoms with Crippen molar-refractivity contribution < 1.29 is 28.6 Å². The standard InChI is InChI=1S/C69H126O6/c1-4-7-10-13-16-19-22-25-28-31-33-34-36-38-41-44-47-50-53-56-59-62-68(71)74-65-66(64-73-67(70)61-58-55-52-49-46-43-40-37-30-27-24-21-18-15-12-9-6-3)75-69(72)63-60-57-54-51-48-45-42-39-35-32-29-26-23-20-17-14-11-8-5-2/h18,21,25-30,66H,4-17,19-20,22-24,31-65H2,1-3H3/b21-18-,28-25-,29-26-,30-27-/t66-/m1/s1. The molecule has 0 amide bonds. The number of esters is 3. The summed E-state index contributed by atoms with van der Waals surface area (Å²) in [6.07, 6.45) is 79.7. The Morgan fingerprint density at radius 3 is 0.773 bits per heavy atom. The van der Waals surface area contributed by atoms with Crippen LogP contribution in [0.15, 0.2) is 48.6 Å². The molecule has 0 N–H and O–H groups in total. The summed E-state index contributed by atoms with van der Waals surface area (Å²) < 4.78 is 17.0. The van der Waals surface area contributed by atoms with Gasteiger partial charge < -0.3 is 14.2 Å². The Balaban J connectivity index is 4.34. The van der Waals surface area contributed by atoms with Crippen LogP contribution in [0.5, 0.6) is 0 Å². The quantitative estimate of drug-likeness (QED) is 0.0261. The molecular formula is C69H126O6. The maximum absolute atomic E-state index is 12.9. The molecule has 0 spiro atoms. The Morgan fingerprint density at radius 2 is 0.480 bits per heavy atom. The second-order valence-corrected chi connectivity index (χ2v) is 22.4. The van der Waals surface area contributed by atoms with E-state index in [1.54, 1.807) is 0 Å². The van der Waals surface area contributed by atoms with Crippen LogP contribution in [0.4, 0.5) is 0 Å². The van der Waals surface area contributed by atoms with Gasteiger partial charge in [0.15, 0.2) is 6.10 Å². The van der Waals surface area contributed by atoms with Gasteiger partial charge in [0, 0.05) is 19.3 Å². The van der Waals surface area contributed by atoms with E-state index in [9.17, 15) is 14.4 Å². The fourth-order valence-electron chi connectivity index (χ4n) is 9.76. The van der Waals surface area contributed by atoms with Gasteiger partial charge in [-0.15, -0.1) is 0 Å². The van der Waals surface area contributed by atoms with Crippen molar-refractivity contribution >= 4 is 17.9 Å². The van der Waals surface area contributed by atoms with Crippen LogP contribution in [-0.2, 0) is 28.6 Å². The lowest BCUT2D eigenvalue weighted by Crippen LogP contribution is -2.30. The van der Waals surface area contributed by atoms with Crippen LogP contribution < -0.4 is 0 Å². The van der Waals surface area contributed by atoms with E-state index in [0.717, 1.165) is 70.6 Å². The summed E-state index contributed by atoms with van der Waals surface area (Å²) in [5.74, 6) is -0.863. The average molecular weight is 1050 g/mol. The van der Waals surface area contributed by atoms with Gasteiger partial charge in [-0.2, -0.15) is 0 Å². The minimum Gasteiger partial charge on any atom is -0.462 e. The van der Waals surface area contributed by atoms with E-state index >= 15 is 0 Å². The van der Waals surface area contributed by atoms with E-state index in [1.165, 1.54) is 244 Å². The molecule has 0 radical (unpaired) electrons. The van der Waals surface area contributed by atoms with Gasteiger partial charge in [0.1, 0.15) is 13.2 Å². The second-order valence-electron chi connectivity index (χ2n) is 22.4. The van der Waals surface area contributed by atoms with E-state index in [1.807, 2.05) is 0 Å². The van der Waals surface area contributed by atoms with Gasteiger partial charge >= 0.3 is 17.9 Å². The highest BCUT2D eigenvalue weighted by Crippen LogP contribution is 2.17. The van der Waals surface area contributed by atoms with Crippen molar-refractivity contribution in [3.05, 3.63) is 48.6 Å². The molecule has 0 saturated heterocycles. The molecule has 0 aliphatic heterocycles. The van der Waals surface area contributed by atoms with E-state index in [4.69, 9.17) is 14.2 Å². The first-order chi connectivity index (χ1) is 37.0. The van der Waals surface area contributed by atoms with Crippen LogP contribution in [0, 0.1) is 0 Å². The Hall–Kier alpha value is -2.63. The Labute approximate surface area is 467 Å². The maximum Gasteiger partial charge on any atom is 0.306 e. The molecule has 6 nitrogen and oxygen atoms in total. The van der Waals surface area contributed by atoms with Crippen molar-refractivity contribution in [1.82, 2.24) is 0 Å². The number of ether oxygens (including phenoxy) is 3. The third kappa shape index (κ3) is 62.1. The molecule has 0 aromatic rings. The van der Waals surface area contributed by atoms with E-state index in [0.29, 0.717) is 19.3 Å². The van der Waals surface area contributed by atoms with Crippen molar-refractivity contribution in [2.45, 2.75) is 361 Å². The normalized spacial score (nSPS) is 12.3. The monoisotopic (exact) mass is 1050 g/mol. The summed E-state index contributed by atoms with van der Waals surface area (Å²) in [6.45, 7) is 6.65. The summed E-state index contributed by atoms with van der Waals surface area (Å²) in [5, 5.41) is 0. The van der Waals surface area contributed by atoms with E-state index in [-0.39, 0.29) is 31.1 Å². The van der Waals surface area contributed by atoms with Crippen molar-refractivity contribution in [2.24, 2.45) is 0 Å². The molecule has 75 heavy (non-hydrogen) atoms. The van der Waals surface area contributed by atoms with Crippen LogP contribution >= 0.6 is 0 Å². The van der Waals surface area contributed by atoms with Gasteiger partial charge in [-0.05, 0) is 103 Å². The van der Waals surface area contributed by atoms with Gasteiger partial charge in [0.2, 0.25) is 0 Å². The van der Waals surface area contributed by atoms with Crippen LogP contribution in [0.1, 0.15) is 355 Å². The van der Waals surface area contributed by atoms with Crippen molar-refractivity contribution in [2.75, 3.05) is 13.2 Å². The number of unbranched alkanes of at least 4 members (excludes halogenated alkanes) is 42. The second kappa shape index (κ2) is 63.9. The summed E-state index contributed by atoms with van der Waals surface area (Å²) in [7, 11) is 0. The summed E-state index contributed by atoms with van der Waals surface area (Å²) in [4.78, 5) is 38.4. The molecule has 438 valence electrons. The van der Waals surface area contributed by atoms with Crippen LogP contribution in [0.2, 0.25) is 0 Å². The molecule has 1 atom stereocenters. The highest BCUT2D eigenvalue weighted by molar-refractivity contribution is 5.71. The Kier molecular flexibility index (Phi) is 61.7. The van der Waals surface area contributed by atoms with Gasteiger partial charge in [-0.3, -0.25) is 14.4 Å². The van der Waals surface area contributed by atoms with E-state index in [2.05, 4.69) is 69.4 Å². The highest BCUT2D eigenvalue weighted by Gasteiger charge is 2.19. The number of carbonyl (C=O) groups is 3. The zero-order chi connectivity index (χ0) is 54.3. The number of carbonyl (C=O) groups excluding carboxylic acids is 3. The molecule has 0 aliphatic rings. The lowest BCUT2D eigenvalue weighted by atomic mass is 10.0.